The third-order valence-corrected chi connectivity index (χ3v) is 6.91. The number of hydrogen-bond donors (Lipinski definition) is 1. The lowest BCUT2D eigenvalue weighted by molar-refractivity contribution is -0.120. The van der Waals surface area contributed by atoms with Gasteiger partial charge in [0.05, 0.1) is 36.3 Å². The summed E-state index contributed by atoms with van der Waals surface area (Å²) in [5, 5.41) is 2.74. The van der Waals surface area contributed by atoms with E-state index in [2.05, 4.69) is 5.32 Å². The highest BCUT2D eigenvalue weighted by atomic mass is 32.2. The van der Waals surface area contributed by atoms with Crippen LogP contribution in [0.15, 0.2) is 53.4 Å². The summed E-state index contributed by atoms with van der Waals surface area (Å²) in [6.45, 7) is 0.434. The monoisotopic (exact) mass is 432 g/mol. The van der Waals surface area contributed by atoms with E-state index in [1.165, 1.54) is 24.6 Å². The third-order valence-electron chi connectivity index (χ3n) is 5.03. The molecule has 1 N–H and O–H groups in total. The van der Waals surface area contributed by atoms with Gasteiger partial charge in [0, 0.05) is 13.1 Å². The van der Waals surface area contributed by atoms with Gasteiger partial charge in [-0.3, -0.25) is 4.79 Å². The number of nitrogens with one attached hydrogen (secondary N) is 1. The first-order valence-electron chi connectivity index (χ1n) is 9.49. The van der Waals surface area contributed by atoms with Crippen LogP contribution in [0.2, 0.25) is 0 Å². The van der Waals surface area contributed by atoms with E-state index in [4.69, 9.17) is 9.47 Å². The van der Waals surface area contributed by atoms with Crippen molar-refractivity contribution in [3.8, 4) is 5.75 Å². The molecule has 2 aromatic rings. The number of nitrogens with zero attached hydrogens (tertiary/aromatic N) is 1. The highest BCUT2D eigenvalue weighted by Gasteiger charge is 2.33. The SMILES string of the molecule is COC(=O)c1cc(OC)ccc1NC(=O)C1CCCN(S(=O)(=O)c2ccccc2)C1. The average Bonchev–Trinajstić information content (AvgIpc) is 2.79. The molecule has 9 heteroatoms. The minimum absolute atomic E-state index is 0.0762. The normalized spacial score (nSPS) is 17.2. The third kappa shape index (κ3) is 4.63. The number of amides is 1. The summed E-state index contributed by atoms with van der Waals surface area (Å²) in [5.41, 5.74) is 0.450. The summed E-state index contributed by atoms with van der Waals surface area (Å²) in [5.74, 6) is -1.05. The predicted octanol–water partition coefficient (Wildman–Crippen LogP) is 2.52. The molecule has 1 fully saturated rings. The largest absolute Gasteiger partial charge is 0.497 e. The Morgan fingerprint density at radius 1 is 1.10 bits per heavy atom. The molecule has 1 saturated heterocycles. The van der Waals surface area contributed by atoms with Gasteiger partial charge in [-0.2, -0.15) is 4.31 Å². The van der Waals surface area contributed by atoms with Crippen molar-refractivity contribution < 1.29 is 27.5 Å². The molecular formula is C21H24N2O6S. The van der Waals surface area contributed by atoms with E-state index >= 15 is 0 Å². The van der Waals surface area contributed by atoms with E-state index in [1.807, 2.05) is 0 Å². The second kappa shape index (κ2) is 9.27. The molecule has 0 aromatic heterocycles. The zero-order valence-electron chi connectivity index (χ0n) is 16.8. The van der Waals surface area contributed by atoms with Crippen LogP contribution < -0.4 is 10.1 Å². The Bertz CT molecular complexity index is 1020. The number of ether oxygens (including phenoxy) is 2. The molecule has 0 spiro atoms. The zero-order valence-corrected chi connectivity index (χ0v) is 17.6. The van der Waals surface area contributed by atoms with Gasteiger partial charge in [0.15, 0.2) is 0 Å². The first-order chi connectivity index (χ1) is 14.4. The highest BCUT2D eigenvalue weighted by Crippen LogP contribution is 2.27. The molecule has 1 aliphatic heterocycles. The first kappa shape index (κ1) is 21.8. The highest BCUT2D eigenvalue weighted by molar-refractivity contribution is 7.89. The number of esters is 1. The van der Waals surface area contributed by atoms with E-state index in [0.29, 0.717) is 25.1 Å². The van der Waals surface area contributed by atoms with Crippen LogP contribution in [0.3, 0.4) is 0 Å². The molecule has 1 aliphatic rings. The van der Waals surface area contributed by atoms with E-state index < -0.39 is 21.9 Å². The molecule has 3 rings (SSSR count). The summed E-state index contributed by atoms with van der Waals surface area (Å²) >= 11 is 0. The lowest BCUT2D eigenvalue weighted by Crippen LogP contribution is -2.43. The van der Waals surface area contributed by atoms with Crippen molar-refractivity contribution in [2.45, 2.75) is 17.7 Å². The fraction of sp³-hybridized carbons (Fsp3) is 0.333. The van der Waals surface area contributed by atoms with E-state index in [-0.39, 0.29) is 28.6 Å². The molecule has 1 unspecified atom stereocenters. The van der Waals surface area contributed by atoms with Crippen molar-refractivity contribution >= 4 is 27.6 Å². The van der Waals surface area contributed by atoms with Crippen molar-refractivity contribution in [3.05, 3.63) is 54.1 Å². The van der Waals surface area contributed by atoms with E-state index in [9.17, 15) is 18.0 Å². The van der Waals surface area contributed by atoms with Gasteiger partial charge in [0.1, 0.15) is 5.75 Å². The standard InChI is InChI=1S/C21H24N2O6S/c1-28-16-10-11-19(18(13-16)21(25)29-2)22-20(24)15-7-6-12-23(14-15)30(26,27)17-8-4-3-5-9-17/h3-5,8-11,13,15H,6-7,12,14H2,1-2H3,(H,22,24). The van der Waals surface area contributed by atoms with Gasteiger partial charge in [-0.15, -0.1) is 0 Å². The Morgan fingerprint density at radius 3 is 2.50 bits per heavy atom. The number of methoxy groups -OCH3 is 2. The quantitative estimate of drug-likeness (QED) is 0.704. The molecule has 160 valence electrons. The molecule has 30 heavy (non-hydrogen) atoms. The number of anilines is 1. The fourth-order valence-corrected chi connectivity index (χ4v) is 4.93. The lowest BCUT2D eigenvalue weighted by atomic mass is 9.98. The summed E-state index contributed by atoms with van der Waals surface area (Å²) in [7, 11) is -0.952. The van der Waals surface area contributed by atoms with Gasteiger partial charge >= 0.3 is 5.97 Å². The Kier molecular flexibility index (Phi) is 6.73. The van der Waals surface area contributed by atoms with Crippen molar-refractivity contribution in [3.63, 3.8) is 0 Å². The smallest absolute Gasteiger partial charge is 0.340 e. The number of benzene rings is 2. The predicted molar refractivity (Wildman–Crippen MR) is 111 cm³/mol. The second-order valence-electron chi connectivity index (χ2n) is 6.91. The number of carbonyl (C=O) groups excluding carboxylic acids is 2. The molecule has 0 radical (unpaired) electrons. The van der Waals surface area contributed by atoms with Crippen molar-refractivity contribution in [2.75, 3.05) is 32.6 Å². The maximum absolute atomic E-state index is 12.9. The number of sulfonamides is 1. The first-order valence-corrected chi connectivity index (χ1v) is 10.9. The maximum atomic E-state index is 12.9. The van der Waals surface area contributed by atoms with E-state index in [1.54, 1.807) is 42.5 Å². The zero-order chi connectivity index (χ0) is 21.7. The molecule has 0 aliphatic carbocycles. The van der Waals surface area contributed by atoms with Crippen LogP contribution in [0.4, 0.5) is 5.69 Å². The molecular weight excluding hydrogens is 408 g/mol. The summed E-state index contributed by atoms with van der Waals surface area (Å²) in [6.07, 6.45) is 1.12. The number of carbonyl (C=O) groups is 2. The van der Waals surface area contributed by atoms with Crippen molar-refractivity contribution in [1.82, 2.24) is 4.31 Å². The van der Waals surface area contributed by atoms with E-state index in [0.717, 1.165) is 0 Å². The molecule has 2 aromatic carbocycles. The maximum Gasteiger partial charge on any atom is 0.340 e. The fourth-order valence-electron chi connectivity index (χ4n) is 3.39. The summed E-state index contributed by atoms with van der Waals surface area (Å²) in [4.78, 5) is 25.2. The van der Waals surface area contributed by atoms with Gasteiger partial charge < -0.3 is 14.8 Å². The van der Waals surface area contributed by atoms with Crippen molar-refractivity contribution in [2.24, 2.45) is 5.92 Å². The minimum atomic E-state index is -3.67. The van der Waals surface area contributed by atoms with Gasteiger partial charge in [-0.05, 0) is 43.2 Å². The molecule has 0 bridgehead atoms. The van der Waals surface area contributed by atoms with Crippen LogP contribution in [0.5, 0.6) is 5.75 Å². The van der Waals surface area contributed by atoms with Gasteiger partial charge in [-0.25, -0.2) is 13.2 Å². The Hall–Kier alpha value is -2.91. The summed E-state index contributed by atoms with van der Waals surface area (Å²) in [6, 6.07) is 12.8. The van der Waals surface area contributed by atoms with Crippen LogP contribution >= 0.6 is 0 Å². The number of piperidine rings is 1. The van der Waals surface area contributed by atoms with Gasteiger partial charge in [0.2, 0.25) is 15.9 Å². The molecule has 0 saturated carbocycles. The van der Waals surface area contributed by atoms with Crippen molar-refractivity contribution in [1.29, 1.82) is 0 Å². The number of rotatable bonds is 6. The molecule has 1 heterocycles. The van der Waals surface area contributed by atoms with Gasteiger partial charge in [-0.1, -0.05) is 18.2 Å². The average molecular weight is 432 g/mol. The lowest BCUT2D eigenvalue weighted by Gasteiger charge is -2.31. The number of hydrogen-bond acceptors (Lipinski definition) is 6. The molecule has 1 amide bonds. The van der Waals surface area contributed by atoms with Crippen LogP contribution in [0.25, 0.3) is 0 Å². The minimum Gasteiger partial charge on any atom is -0.497 e. The second-order valence-corrected chi connectivity index (χ2v) is 8.85. The Balaban J connectivity index is 1.77. The van der Waals surface area contributed by atoms with Crippen LogP contribution in [-0.2, 0) is 19.6 Å². The van der Waals surface area contributed by atoms with Gasteiger partial charge in [0.25, 0.3) is 0 Å². The topological polar surface area (TPSA) is 102 Å². The summed E-state index contributed by atoms with van der Waals surface area (Å²) < 4.78 is 37.0. The van der Waals surface area contributed by atoms with Crippen LogP contribution in [0.1, 0.15) is 23.2 Å². The van der Waals surface area contributed by atoms with Crippen LogP contribution in [-0.4, -0.2) is 51.9 Å². The Morgan fingerprint density at radius 2 is 1.83 bits per heavy atom. The molecule has 1 atom stereocenters. The van der Waals surface area contributed by atoms with Crippen LogP contribution in [0, 0.1) is 5.92 Å². The Labute approximate surface area is 175 Å². The molecule has 8 nitrogen and oxygen atoms in total.